The second kappa shape index (κ2) is 4.47. The second-order valence-corrected chi connectivity index (χ2v) is 3.91. The summed E-state index contributed by atoms with van der Waals surface area (Å²) in [5.74, 6) is -0.353. The van der Waals surface area contributed by atoms with E-state index in [4.69, 9.17) is 4.74 Å². The van der Waals surface area contributed by atoms with Crippen molar-refractivity contribution in [2.24, 2.45) is 0 Å². The first-order valence-electron chi connectivity index (χ1n) is 5.30. The molecule has 0 N–H and O–H groups in total. The van der Waals surface area contributed by atoms with Crippen LogP contribution in [0.25, 0.3) is 0 Å². The summed E-state index contributed by atoms with van der Waals surface area (Å²) in [7, 11) is 0. The van der Waals surface area contributed by atoms with Crippen LogP contribution in [-0.4, -0.2) is 12.4 Å². The predicted octanol–water partition coefficient (Wildman–Crippen LogP) is 3.01. The molecule has 0 saturated carbocycles. The highest BCUT2D eigenvalue weighted by atomic mass is 19.1. The van der Waals surface area contributed by atoms with Crippen molar-refractivity contribution in [1.29, 1.82) is 0 Å². The van der Waals surface area contributed by atoms with Gasteiger partial charge in [-0.3, -0.25) is 4.79 Å². The second-order valence-electron chi connectivity index (χ2n) is 3.91. The molecule has 3 heteroatoms. The number of ether oxygens (including phenoxy) is 1. The van der Waals surface area contributed by atoms with Crippen LogP contribution >= 0.6 is 0 Å². The summed E-state index contributed by atoms with van der Waals surface area (Å²) in [6, 6.07) is 4.42. The van der Waals surface area contributed by atoms with Crippen molar-refractivity contribution in [3.05, 3.63) is 47.0 Å². The van der Waals surface area contributed by atoms with Gasteiger partial charge in [0, 0.05) is 11.1 Å². The van der Waals surface area contributed by atoms with E-state index in [0.717, 1.165) is 12.8 Å². The number of hydrogen-bond acceptors (Lipinski definition) is 2. The van der Waals surface area contributed by atoms with Crippen molar-refractivity contribution in [1.82, 2.24) is 0 Å². The third-order valence-electron chi connectivity index (χ3n) is 2.65. The van der Waals surface area contributed by atoms with E-state index in [1.807, 2.05) is 0 Å². The zero-order chi connectivity index (χ0) is 11.5. The van der Waals surface area contributed by atoms with Crippen molar-refractivity contribution < 1.29 is 13.9 Å². The molecule has 0 radical (unpaired) electrons. The number of hydrogen-bond donors (Lipinski definition) is 0. The largest absolute Gasteiger partial charge is 0.501 e. The van der Waals surface area contributed by atoms with E-state index in [2.05, 4.69) is 0 Å². The van der Waals surface area contributed by atoms with Gasteiger partial charge in [-0.2, -0.15) is 0 Å². The minimum absolute atomic E-state index is 0.0669. The van der Waals surface area contributed by atoms with Gasteiger partial charge in [-0.05, 0) is 43.5 Å². The first-order valence-corrected chi connectivity index (χ1v) is 5.30. The number of aryl methyl sites for hydroxylation is 1. The molecule has 1 aliphatic rings. The number of Topliss-reactive ketones (excluding diaryl/α,β-unsaturated/α-hetero) is 1. The quantitative estimate of drug-likeness (QED) is 0.716. The maximum absolute atomic E-state index is 13.1. The Morgan fingerprint density at radius 1 is 1.44 bits per heavy atom. The maximum Gasteiger partial charge on any atom is 0.192 e. The van der Waals surface area contributed by atoms with E-state index in [-0.39, 0.29) is 11.6 Å². The van der Waals surface area contributed by atoms with Crippen molar-refractivity contribution in [3.63, 3.8) is 0 Å². The third kappa shape index (κ3) is 2.13. The molecular weight excluding hydrogens is 207 g/mol. The van der Waals surface area contributed by atoms with Gasteiger partial charge in [0.1, 0.15) is 5.82 Å². The summed E-state index contributed by atoms with van der Waals surface area (Å²) in [6.07, 6.45) is 3.11. The van der Waals surface area contributed by atoms with E-state index in [1.54, 1.807) is 13.0 Å². The van der Waals surface area contributed by atoms with Gasteiger partial charge >= 0.3 is 0 Å². The van der Waals surface area contributed by atoms with Crippen molar-refractivity contribution in [2.75, 3.05) is 6.61 Å². The molecule has 84 valence electrons. The number of rotatable bonds is 2. The van der Waals surface area contributed by atoms with Gasteiger partial charge in [-0.1, -0.05) is 0 Å². The van der Waals surface area contributed by atoms with Crippen molar-refractivity contribution in [3.8, 4) is 0 Å². The lowest BCUT2D eigenvalue weighted by molar-refractivity contribution is 0.101. The molecule has 1 aromatic rings. The van der Waals surface area contributed by atoms with Crippen molar-refractivity contribution in [2.45, 2.75) is 19.8 Å². The van der Waals surface area contributed by atoms with Gasteiger partial charge in [0.15, 0.2) is 5.78 Å². The van der Waals surface area contributed by atoms with Crippen LogP contribution in [0, 0.1) is 12.7 Å². The first-order chi connectivity index (χ1) is 7.68. The van der Waals surface area contributed by atoms with E-state index < -0.39 is 0 Å². The molecular formula is C13H13FO2. The van der Waals surface area contributed by atoms with Crippen LogP contribution in [0.5, 0.6) is 0 Å². The fourth-order valence-corrected chi connectivity index (χ4v) is 1.70. The summed E-state index contributed by atoms with van der Waals surface area (Å²) in [6.45, 7) is 2.32. The summed E-state index contributed by atoms with van der Waals surface area (Å²) in [4.78, 5) is 12.0. The first kappa shape index (κ1) is 10.9. The molecule has 0 aromatic heterocycles. The van der Waals surface area contributed by atoms with Crippen LogP contribution in [0.1, 0.15) is 28.8 Å². The third-order valence-corrected chi connectivity index (χ3v) is 2.65. The van der Waals surface area contributed by atoms with Crippen LogP contribution in [-0.2, 0) is 4.74 Å². The highest BCUT2D eigenvalue weighted by Crippen LogP contribution is 2.19. The summed E-state index contributed by atoms with van der Waals surface area (Å²) < 4.78 is 18.2. The lowest BCUT2D eigenvalue weighted by Gasteiger charge is -2.12. The lowest BCUT2D eigenvalue weighted by atomic mass is 9.98. The molecule has 2 nitrogen and oxygen atoms in total. The number of allylic oxidation sites excluding steroid dienone is 1. The van der Waals surface area contributed by atoms with Gasteiger partial charge in [-0.25, -0.2) is 4.39 Å². The fourth-order valence-electron chi connectivity index (χ4n) is 1.70. The predicted molar refractivity (Wildman–Crippen MR) is 58.7 cm³/mol. The van der Waals surface area contributed by atoms with E-state index in [0.29, 0.717) is 23.3 Å². The average Bonchev–Trinajstić information content (AvgIpc) is 2.33. The number of halogens is 1. The maximum atomic E-state index is 13.1. The molecule has 1 heterocycles. The van der Waals surface area contributed by atoms with Crippen molar-refractivity contribution >= 4 is 5.78 Å². The fraction of sp³-hybridized carbons (Fsp3) is 0.308. The molecule has 0 spiro atoms. The molecule has 1 aliphatic heterocycles. The Morgan fingerprint density at radius 2 is 2.25 bits per heavy atom. The van der Waals surface area contributed by atoms with Crippen LogP contribution < -0.4 is 0 Å². The molecule has 2 rings (SSSR count). The van der Waals surface area contributed by atoms with Gasteiger partial charge in [0.2, 0.25) is 0 Å². The number of carbonyl (C=O) groups excluding carboxylic acids is 1. The zero-order valence-corrected chi connectivity index (χ0v) is 9.13. The molecule has 16 heavy (non-hydrogen) atoms. The molecule has 0 atom stereocenters. The topological polar surface area (TPSA) is 26.3 Å². The van der Waals surface area contributed by atoms with E-state index in [9.17, 15) is 9.18 Å². The zero-order valence-electron chi connectivity index (χ0n) is 9.13. The molecule has 0 bridgehead atoms. The monoisotopic (exact) mass is 220 g/mol. The molecule has 0 unspecified atom stereocenters. The van der Waals surface area contributed by atoms with Crippen LogP contribution in [0.15, 0.2) is 30.0 Å². The van der Waals surface area contributed by atoms with Gasteiger partial charge < -0.3 is 4.74 Å². The Kier molecular flexibility index (Phi) is 3.04. The SMILES string of the molecule is Cc1cc(C(=O)C2=COCCC2)ccc1F. The Morgan fingerprint density at radius 3 is 2.88 bits per heavy atom. The van der Waals surface area contributed by atoms with Gasteiger partial charge in [0.05, 0.1) is 12.9 Å². The summed E-state index contributed by atoms with van der Waals surface area (Å²) in [5.41, 5.74) is 1.68. The Labute approximate surface area is 93.7 Å². The Balaban J connectivity index is 2.26. The number of carbonyl (C=O) groups is 1. The smallest absolute Gasteiger partial charge is 0.192 e. The summed E-state index contributed by atoms with van der Waals surface area (Å²) >= 11 is 0. The molecule has 1 aromatic carbocycles. The Hall–Kier alpha value is -1.64. The molecule has 0 fully saturated rings. The highest BCUT2D eigenvalue weighted by molar-refractivity contribution is 6.08. The average molecular weight is 220 g/mol. The molecule has 0 amide bonds. The van der Waals surface area contributed by atoms with Gasteiger partial charge in [-0.15, -0.1) is 0 Å². The Bertz CT molecular complexity index is 449. The molecule has 0 saturated heterocycles. The van der Waals surface area contributed by atoms with Crippen LogP contribution in [0.3, 0.4) is 0 Å². The van der Waals surface area contributed by atoms with Crippen LogP contribution in [0.4, 0.5) is 4.39 Å². The summed E-state index contributed by atoms with van der Waals surface area (Å²) in [5, 5.41) is 0. The van der Waals surface area contributed by atoms with E-state index in [1.165, 1.54) is 18.4 Å². The van der Waals surface area contributed by atoms with Crippen LogP contribution in [0.2, 0.25) is 0 Å². The number of benzene rings is 1. The minimum Gasteiger partial charge on any atom is -0.501 e. The normalized spacial score (nSPS) is 15.2. The molecule has 0 aliphatic carbocycles. The number of ketones is 1. The standard InChI is InChI=1S/C13H13FO2/c1-9-7-10(4-5-12(9)14)13(15)11-3-2-6-16-8-11/h4-5,7-8H,2-3,6H2,1H3. The minimum atomic E-state index is -0.287. The van der Waals surface area contributed by atoms with E-state index >= 15 is 0 Å². The highest BCUT2D eigenvalue weighted by Gasteiger charge is 2.15. The lowest BCUT2D eigenvalue weighted by Crippen LogP contribution is -2.09. The van der Waals surface area contributed by atoms with Gasteiger partial charge in [0.25, 0.3) is 0 Å².